The standard InChI is InChI=1S/C20H17ClN6O3S2/c1-12-18(25-26-27(12)15-4-2-3-14(21)10-15)19(28)24-20-23-11-16(31-20)9-13-5-7-17(8-6-13)32(22,29)30/h2-8,10-11H,9H2,1H3,(H2,22,29,30)(H,23,24,28). The molecule has 3 N–H and O–H groups in total. The van der Waals surface area contributed by atoms with Gasteiger partial charge in [0.05, 0.1) is 16.3 Å². The molecule has 2 aromatic carbocycles. The summed E-state index contributed by atoms with van der Waals surface area (Å²) in [4.78, 5) is 17.9. The van der Waals surface area contributed by atoms with Crippen LogP contribution in [-0.4, -0.2) is 34.3 Å². The van der Waals surface area contributed by atoms with Crippen molar-refractivity contribution in [3.8, 4) is 5.69 Å². The van der Waals surface area contributed by atoms with E-state index in [9.17, 15) is 13.2 Å². The number of primary sulfonamides is 1. The number of hydrogen-bond acceptors (Lipinski definition) is 7. The third kappa shape index (κ3) is 4.86. The van der Waals surface area contributed by atoms with E-state index in [0.717, 1.165) is 10.4 Å². The van der Waals surface area contributed by atoms with E-state index in [4.69, 9.17) is 16.7 Å². The van der Waals surface area contributed by atoms with Crippen molar-refractivity contribution in [1.82, 2.24) is 20.0 Å². The lowest BCUT2D eigenvalue weighted by Gasteiger charge is -2.04. The Morgan fingerprint density at radius 3 is 2.66 bits per heavy atom. The Morgan fingerprint density at radius 2 is 1.97 bits per heavy atom. The molecule has 1 amide bonds. The molecule has 32 heavy (non-hydrogen) atoms. The van der Waals surface area contributed by atoms with Gasteiger partial charge in [-0.05, 0) is 42.8 Å². The highest BCUT2D eigenvalue weighted by atomic mass is 35.5. The molecular formula is C20H17ClN6O3S2. The lowest BCUT2D eigenvalue weighted by atomic mass is 10.1. The van der Waals surface area contributed by atoms with Crippen molar-refractivity contribution in [2.24, 2.45) is 5.14 Å². The molecule has 4 rings (SSSR count). The van der Waals surface area contributed by atoms with Gasteiger partial charge in [0.15, 0.2) is 10.8 Å². The van der Waals surface area contributed by atoms with Gasteiger partial charge >= 0.3 is 0 Å². The zero-order valence-electron chi connectivity index (χ0n) is 16.7. The summed E-state index contributed by atoms with van der Waals surface area (Å²) in [6.07, 6.45) is 2.19. The summed E-state index contributed by atoms with van der Waals surface area (Å²) in [6, 6.07) is 13.4. The molecule has 0 unspecified atom stereocenters. The summed E-state index contributed by atoms with van der Waals surface area (Å²) in [7, 11) is -3.73. The highest BCUT2D eigenvalue weighted by molar-refractivity contribution is 7.89. The van der Waals surface area contributed by atoms with Crippen LogP contribution in [0.3, 0.4) is 0 Å². The SMILES string of the molecule is Cc1c(C(=O)Nc2ncc(Cc3ccc(S(N)(=O)=O)cc3)s2)nnn1-c1cccc(Cl)c1. The molecule has 0 atom stereocenters. The fourth-order valence-corrected chi connectivity index (χ4v) is 4.54. The maximum Gasteiger partial charge on any atom is 0.279 e. The quantitative estimate of drug-likeness (QED) is 0.428. The predicted octanol–water partition coefficient (Wildman–Crippen LogP) is 3.18. The fourth-order valence-electron chi connectivity index (χ4n) is 2.99. The number of amides is 1. The highest BCUT2D eigenvalue weighted by Gasteiger charge is 2.19. The van der Waals surface area contributed by atoms with Gasteiger partial charge in [0.1, 0.15) is 0 Å². The molecule has 164 valence electrons. The summed E-state index contributed by atoms with van der Waals surface area (Å²) in [5.41, 5.74) is 2.34. The molecular weight excluding hydrogens is 472 g/mol. The maximum atomic E-state index is 12.7. The highest BCUT2D eigenvalue weighted by Crippen LogP contribution is 2.23. The predicted molar refractivity (Wildman–Crippen MR) is 122 cm³/mol. The zero-order chi connectivity index (χ0) is 22.9. The summed E-state index contributed by atoms with van der Waals surface area (Å²) in [5, 5.41) is 16.9. The second kappa shape index (κ2) is 8.79. The minimum absolute atomic E-state index is 0.0553. The molecule has 12 heteroatoms. The Morgan fingerprint density at radius 1 is 1.22 bits per heavy atom. The fraction of sp³-hybridized carbons (Fsp3) is 0.100. The maximum absolute atomic E-state index is 12.7. The summed E-state index contributed by atoms with van der Waals surface area (Å²) in [6.45, 7) is 1.74. The molecule has 0 saturated carbocycles. The molecule has 0 bridgehead atoms. The first kappa shape index (κ1) is 22.1. The molecule has 0 aliphatic rings. The molecule has 2 heterocycles. The van der Waals surface area contributed by atoms with Crippen LogP contribution in [0, 0.1) is 6.92 Å². The van der Waals surface area contributed by atoms with E-state index < -0.39 is 15.9 Å². The molecule has 0 saturated heterocycles. The van der Waals surface area contributed by atoms with E-state index in [1.165, 1.54) is 23.5 Å². The van der Waals surface area contributed by atoms with E-state index >= 15 is 0 Å². The number of carbonyl (C=O) groups is 1. The Kier molecular flexibility index (Phi) is 6.07. The number of aromatic nitrogens is 4. The molecule has 2 aromatic heterocycles. The molecule has 4 aromatic rings. The molecule has 0 radical (unpaired) electrons. The van der Waals surface area contributed by atoms with Gasteiger partial charge < -0.3 is 0 Å². The van der Waals surface area contributed by atoms with Crippen molar-refractivity contribution in [1.29, 1.82) is 0 Å². The van der Waals surface area contributed by atoms with Crippen LogP contribution in [0.25, 0.3) is 5.69 Å². The van der Waals surface area contributed by atoms with Crippen molar-refractivity contribution in [3.63, 3.8) is 0 Å². The molecule has 0 aliphatic heterocycles. The Hall–Kier alpha value is -3.12. The van der Waals surface area contributed by atoms with Gasteiger partial charge in [-0.1, -0.05) is 35.0 Å². The first-order valence-electron chi connectivity index (χ1n) is 9.27. The average molecular weight is 489 g/mol. The number of rotatable bonds is 6. The van der Waals surface area contributed by atoms with Crippen LogP contribution in [0.2, 0.25) is 5.02 Å². The number of carbonyl (C=O) groups excluding carboxylic acids is 1. The minimum atomic E-state index is -3.73. The molecule has 0 aliphatic carbocycles. The smallest absolute Gasteiger partial charge is 0.279 e. The number of nitrogens with two attached hydrogens (primary N) is 1. The van der Waals surface area contributed by atoms with Crippen molar-refractivity contribution < 1.29 is 13.2 Å². The monoisotopic (exact) mass is 488 g/mol. The van der Waals surface area contributed by atoms with Gasteiger partial charge in [-0.2, -0.15) is 0 Å². The number of nitrogens with zero attached hydrogens (tertiary/aromatic N) is 4. The normalized spacial score (nSPS) is 11.5. The number of thiazole rings is 1. The van der Waals surface area contributed by atoms with Crippen LogP contribution in [0.4, 0.5) is 5.13 Å². The first-order chi connectivity index (χ1) is 15.2. The van der Waals surface area contributed by atoms with Crippen molar-refractivity contribution in [2.45, 2.75) is 18.2 Å². The summed E-state index contributed by atoms with van der Waals surface area (Å²) in [5.74, 6) is -0.422. The van der Waals surface area contributed by atoms with Crippen molar-refractivity contribution >= 4 is 44.0 Å². The molecule has 0 spiro atoms. The summed E-state index contributed by atoms with van der Waals surface area (Å²) >= 11 is 7.34. The van der Waals surface area contributed by atoms with Gasteiger partial charge in [0.2, 0.25) is 10.0 Å². The number of anilines is 1. The van der Waals surface area contributed by atoms with E-state index in [1.54, 1.807) is 48.1 Å². The van der Waals surface area contributed by atoms with Crippen molar-refractivity contribution in [3.05, 3.63) is 81.6 Å². The largest absolute Gasteiger partial charge is 0.296 e. The topological polar surface area (TPSA) is 133 Å². The molecule has 0 fully saturated rings. The van der Waals surface area contributed by atoms with Gasteiger partial charge in [-0.15, -0.1) is 16.4 Å². The van der Waals surface area contributed by atoms with Crippen molar-refractivity contribution in [2.75, 3.05) is 5.32 Å². The van der Waals surface area contributed by atoms with Crippen LogP contribution in [-0.2, 0) is 16.4 Å². The van der Waals surface area contributed by atoms with Crippen LogP contribution >= 0.6 is 22.9 Å². The van der Waals surface area contributed by atoms with Gasteiger partial charge in [-0.25, -0.2) is 23.2 Å². The molecule has 9 nitrogen and oxygen atoms in total. The Balaban J connectivity index is 1.45. The van der Waals surface area contributed by atoms with Gasteiger partial charge in [-0.3, -0.25) is 10.1 Å². The Bertz CT molecular complexity index is 1400. The lowest BCUT2D eigenvalue weighted by molar-refractivity contribution is 0.102. The number of nitrogens with one attached hydrogen (secondary N) is 1. The number of halogens is 1. The number of sulfonamides is 1. The van der Waals surface area contributed by atoms with E-state index in [-0.39, 0.29) is 10.6 Å². The average Bonchev–Trinajstić information content (AvgIpc) is 3.34. The van der Waals surface area contributed by atoms with Crippen LogP contribution in [0.5, 0.6) is 0 Å². The third-order valence-electron chi connectivity index (χ3n) is 4.57. The zero-order valence-corrected chi connectivity index (χ0v) is 19.1. The van der Waals surface area contributed by atoms with E-state index in [2.05, 4.69) is 20.6 Å². The lowest BCUT2D eigenvalue weighted by Crippen LogP contribution is -2.14. The minimum Gasteiger partial charge on any atom is -0.296 e. The number of hydrogen-bond donors (Lipinski definition) is 2. The van der Waals surface area contributed by atoms with Crippen LogP contribution < -0.4 is 10.5 Å². The van der Waals surface area contributed by atoms with E-state index in [1.807, 2.05) is 6.07 Å². The first-order valence-corrected chi connectivity index (χ1v) is 12.0. The summed E-state index contributed by atoms with van der Waals surface area (Å²) < 4.78 is 24.3. The third-order valence-corrected chi connectivity index (χ3v) is 6.64. The van der Waals surface area contributed by atoms with E-state index in [0.29, 0.717) is 28.0 Å². The van der Waals surface area contributed by atoms with Gasteiger partial charge in [0.25, 0.3) is 5.91 Å². The Labute approximate surface area is 192 Å². The van der Waals surface area contributed by atoms with Crippen LogP contribution in [0.1, 0.15) is 26.6 Å². The van der Waals surface area contributed by atoms with Crippen LogP contribution in [0.15, 0.2) is 59.6 Å². The number of benzene rings is 2. The van der Waals surface area contributed by atoms with Gasteiger partial charge in [0, 0.05) is 22.5 Å². The second-order valence-corrected chi connectivity index (χ2v) is 9.98. The second-order valence-electron chi connectivity index (χ2n) is 6.87.